The molecule has 8 nitrogen and oxygen atoms in total. The highest BCUT2D eigenvalue weighted by atomic mass is 16.5. The van der Waals surface area contributed by atoms with Crippen molar-refractivity contribution in [1.82, 2.24) is 14.9 Å². The maximum absolute atomic E-state index is 12.9. The summed E-state index contributed by atoms with van der Waals surface area (Å²) < 4.78 is 5.19. The number of ether oxygens (including phenoxy) is 1. The maximum atomic E-state index is 12.9. The quantitative estimate of drug-likeness (QED) is 0.521. The zero-order chi connectivity index (χ0) is 24.2. The lowest BCUT2D eigenvalue weighted by atomic mass is 9.87. The molecule has 1 aromatic carbocycles. The van der Waals surface area contributed by atoms with Crippen molar-refractivity contribution in [3.05, 3.63) is 53.7 Å². The van der Waals surface area contributed by atoms with Crippen LogP contribution in [0.15, 0.2) is 42.6 Å². The molecule has 0 aliphatic carbocycles. The molecule has 8 heteroatoms. The summed E-state index contributed by atoms with van der Waals surface area (Å²) in [7, 11) is 1.50. The number of likely N-dealkylation sites (tertiary alicyclic amines) is 1. The number of aromatic nitrogens is 2. The smallest absolute Gasteiger partial charge is 0.253 e. The molecular weight excluding hydrogens is 418 g/mol. The van der Waals surface area contributed by atoms with Gasteiger partial charge in [-0.15, -0.1) is 6.42 Å². The van der Waals surface area contributed by atoms with Crippen molar-refractivity contribution in [2.24, 2.45) is 5.41 Å². The Balaban J connectivity index is 1.58. The van der Waals surface area contributed by atoms with Gasteiger partial charge in [0, 0.05) is 36.0 Å². The van der Waals surface area contributed by atoms with Crippen LogP contribution in [0.2, 0.25) is 0 Å². The van der Waals surface area contributed by atoms with E-state index in [2.05, 4.69) is 33.1 Å². The number of terminal acetylenes is 1. The molecule has 1 fully saturated rings. The van der Waals surface area contributed by atoms with E-state index in [0.29, 0.717) is 47.3 Å². The van der Waals surface area contributed by atoms with E-state index in [4.69, 9.17) is 11.2 Å². The number of hydrogen-bond donors (Lipinski definition) is 2. The van der Waals surface area contributed by atoms with E-state index >= 15 is 0 Å². The number of anilines is 2. The van der Waals surface area contributed by atoms with Crippen molar-refractivity contribution in [3.8, 4) is 18.2 Å². The first-order chi connectivity index (χ1) is 15.6. The lowest BCUT2D eigenvalue weighted by molar-refractivity contribution is -0.113. The second-order valence-electron chi connectivity index (χ2n) is 8.90. The summed E-state index contributed by atoms with van der Waals surface area (Å²) in [6.45, 7) is 10.8. The molecule has 1 atom stereocenters. The standard InChI is InChI=1S/C25H29N5O3/c1-7-17-14-26-24(29-22(17)33-6)28-20-12-13-30(15-20)23(32)18-8-10-19(11-9-18)27-21(31)16(2)25(3,4)5/h1,8-11,14,20H,2,12-13,15H2,3-6H3,(H,27,31)(H,26,28,29)/t20-/m1/s1. The fourth-order valence-corrected chi connectivity index (χ4v) is 3.36. The summed E-state index contributed by atoms with van der Waals surface area (Å²) in [5.41, 5.74) is 1.83. The molecule has 0 unspecified atom stereocenters. The first-order valence-electron chi connectivity index (χ1n) is 10.7. The van der Waals surface area contributed by atoms with Gasteiger partial charge in [0.25, 0.3) is 11.8 Å². The van der Waals surface area contributed by atoms with Crippen LogP contribution in [-0.4, -0.2) is 52.9 Å². The molecule has 0 bridgehead atoms. The summed E-state index contributed by atoms with van der Waals surface area (Å²) >= 11 is 0. The summed E-state index contributed by atoms with van der Waals surface area (Å²) in [6.07, 6.45) is 7.70. The number of benzene rings is 1. The van der Waals surface area contributed by atoms with Gasteiger partial charge in [-0.2, -0.15) is 4.98 Å². The molecular formula is C25H29N5O3. The molecule has 1 aliphatic heterocycles. The number of nitrogens with one attached hydrogen (secondary N) is 2. The number of carbonyl (C=O) groups is 2. The Hall–Kier alpha value is -3.86. The molecule has 2 aromatic rings. The third-order valence-corrected chi connectivity index (χ3v) is 5.48. The van der Waals surface area contributed by atoms with Crippen LogP contribution >= 0.6 is 0 Å². The summed E-state index contributed by atoms with van der Waals surface area (Å²) in [6, 6.07) is 6.88. The van der Waals surface area contributed by atoms with E-state index in [9.17, 15) is 9.59 Å². The molecule has 3 rings (SSSR count). The van der Waals surface area contributed by atoms with Crippen LogP contribution in [0.1, 0.15) is 43.1 Å². The fraction of sp³-hybridized carbons (Fsp3) is 0.360. The van der Waals surface area contributed by atoms with E-state index in [0.717, 1.165) is 6.42 Å². The maximum Gasteiger partial charge on any atom is 0.253 e. The second-order valence-corrected chi connectivity index (χ2v) is 8.90. The van der Waals surface area contributed by atoms with Crippen molar-refractivity contribution in [2.75, 3.05) is 30.8 Å². The minimum absolute atomic E-state index is 0.0114. The highest BCUT2D eigenvalue weighted by Gasteiger charge is 2.28. The first kappa shape index (κ1) is 23.8. The molecule has 1 saturated heterocycles. The predicted octanol–water partition coefficient (Wildman–Crippen LogP) is 3.33. The Labute approximate surface area is 194 Å². The van der Waals surface area contributed by atoms with Gasteiger partial charge in [0.1, 0.15) is 5.56 Å². The first-order valence-corrected chi connectivity index (χ1v) is 10.7. The highest BCUT2D eigenvalue weighted by Crippen LogP contribution is 2.25. The average molecular weight is 448 g/mol. The molecule has 1 aliphatic rings. The Kier molecular flexibility index (Phi) is 7.02. The van der Waals surface area contributed by atoms with E-state index in [1.54, 1.807) is 29.2 Å². The number of hydrogen-bond acceptors (Lipinski definition) is 6. The third-order valence-electron chi connectivity index (χ3n) is 5.48. The number of amides is 2. The Bertz CT molecular complexity index is 1100. The summed E-state index contributed by atoms with van der Waals surface area (Å²) in [5, 5.41) is 6.06. The van der Waals surface area contributed by atoms with Gasteiger partial charge >= 0.3 is 0 Å². The Morgan fingerprint density at radius 2 is 1.97 bits per heavy atom. The molecule has 0 spiro atoms. The van der Waals surface area contributed by atoms with Crippen LogP contribution in [-0.2, 0) is 4.79 Å². The third kappa shape index (κ3) is 5.69. The number of methoxy groups -OCH3 is 1. The van der Waals surface area contributed by atoms with Crippen LogP contribution in [0, 0.1) is 17.8 Å². The van der Waals surface area contributed by atoms with Gasteiger partial charge < -0.3 is 20.3 Å². The van der Waals surface area contributed by atoms with E-state index in [1.807, 2.05) is 20.8 Å². The van der Waals surface area contributed by atoms with Crippen LogP contribution in [0.25, 0.3) is 0 Å². The Morgan fingerprint density at radius 1 is 1.27 bits per heavy atom. The topological polar surface area (TPSA) is 96.5 Å². The Morgan fingerprint density at radius 3 is 2.58 bits per heavy atom. The highest BCUT2D eigenvalue weighted by molar-refractivity contribution is 6.04. The zero-order valence-electron chi connectivity index (χ0n) is 19.4. The molecule has 0 radical (unpaired) electrons. The van der Waals surface area contributed by atoms with Gasteiger partial charge in [-0.25, -0.2) is 4.98 Å². The van der Waals surface area contributed by atoms with Crippen molar-refractivity contribution < 1.29 is 14.3 Å². The van der Waals surface area contributed by atoms with Gasteiger partial charge in [-0.05, 0) is 36.1 Å². The van der Waals surface area contributed by atoms with Crippen molar-refractivity contribution in [2.45, 2.75) is 33.2 Å². The van der Waals surface area contributed by atoms with Crippen molar-refractivity contribution in [1.29, 1.82) is 0 Å². The number of nitrogens with zero attached hydrogens (tertiary/aromatic N) is 3. The molecule has 2 amide bonds. The lowest BCUT2D eigenvalue weighted by Crippen LogP contribution is -2.32. The van der Waals surface area contributed by atoms with E-state index in [-0.39, 0.29) is 23.3 Å². The van der Waals surface area contributed by atoms with Gasteiger partial charge in [-0.1, -0.05) is 33.3 Å². The van der Waals surface area contributed by atoms with Gasteiger partial charge in [0.15, 0.2) is 0 Å². The summed E-state index contributed by atoms with van der Waals surface area (Å²) in [4.78, 5) is 35.5. The van der Waals surface area contributed by atoms with Gasteiger partial charge in [0.2, 0.25) is 11.8 Å². The minimum atomic E-state index is -0.320. The second kappa shape index (κ2) is 9.74. The van der Waals surface area contributed by atoms with Crippen LogP contribution in [0.4, 0.5) is 11.6 Å². The molecule has 2 N–H and O–H groups in total. The SMILES string of the molecule is C#Cc1cnc(N[C@@H]2CCN(C(=O)c3ccc(NC(=O)C(=C)C(C)(C)C)cc3)C2)nc1OC. The van der Waals surface area contributed by atoms with E-state index < -0.39 is 0 Å². The minimum Gasteiger partial charge on any atom is -0.480 e. The lowest BCUT2D eigenvalue weighted by Gasteiger charge is -2.21. The molecule has 33 heavy (non-hydrogen) atoms. The summed E-state index contributed by atoms with van der Waals surface area (Å²) in [5.74, 6) is 2.91. The molecule has 0 saturated carbocycles. The fourth-order valence-electron chi connectivity index (χ4n) is 3.36. The normalized spacial score (nSPS) is 15.5. The molecule has 1 aromatic heterocycles. The van der Waals surface area contributed by atoms with Crippen molar-refractivity contribution >= 4 is 23.5 Å². The van der Waals surface area contributed by atoms with Gasteiger partial charge in [0.05, 0.1) is 13.3 Å². The predicted molar refractivity (Wildman–Crippen MR) is 128 cm³/mol. The zero-order valence-corrected chi connectivity index (χ0v) is 19.4. The molecule has 172 valence electrons. The van der Waals surface area contributed by atoms with Crippen LogP contribution < -0.4 is 15.4 Å². The van der Waals surface area contributed by atoms with Crippen molar-refractivity contribution in [3.63, 3.8) is 0 Å². The molecule has 2 heterocycles. The number of rotatable bonds is 6. The van der Waals surface area contributed by atoms with Gasteiger partial charge in [-0.3, -0.25) is 9.59 Å². The van der Waals surface area contributed by atoms with Crippen LogP contribution in [0.5, 0.6) is 5.88 Å². The van der Waals surface area contributed by atoms with Crippen LogP contribution in [0.3, 0.4) is 0 Å². The largest absolute Gasteiger partial charge is 0.480 e. The number of carbonyl (C=O) groups excluding carboxylic acids is 2. The monoisotopic (exact) mass is 447 g/mol. The average Bonchev–Trinajstić information content (AvgIpc) is 3.26. The van der Waals surface area contributed by atoms with E-state index in [1.165, 1.54) is 13.3 Å².